The molecule has 2 heteroatoms. The van der Waals surface area contributed by atoms with Gasteiger partial charge in [-0.05, 0) is 57.0 Å². The number of nitrogens with zero attached hydrogens (tertiary/aromatic N) is 1. The SMILES string of the molecule is CCNC1CCCN(C2CC3CCC2C3)C1. The summed E-state index contributed by atoms with van der Waals surface area (Å²) in [5, 5.41) is 3.64. The summed E-state index contributed by atoms with van der Waals surface area (Å²) in [7, 11) is 0. The topological polar surface area (TPSA) is 15.3 Å². The van der Waals surface area contributed by atoms with Crippen LogP contribution < -0.4 is 5.32 Å². The zero-order valence-corrected chi connectivity index (χ0v) is 10.6. The van der Waals surface area contributed by atoms with E-state index in [2.05, 4.69) is 17.1 Å². The van der Waals surface area contributed by atoms with Crippen molar-refractivity contribution in [1.29, 1.82) is 0 Å². The van der Waals surface area contributed by atoms with Gasteiger partial charge in [0.05, 0.1) is 0 Å². The number of hydrogen-bond acceptors (Lipinski definition) is 2. The summed E-state index contributed by atoms with van der Waals surface area (Å²) in [4.78, 5) is 2.82. The number of hydrogen-bond donors (Lipinski definition) is 1. The molecule has 2 saturated carbocycles. The first-order valence-electron chi connectivity index (χ1n) is 7.34. The predicted molar refractivity (Wildman–Crippen MR) is 67.5 cm³/mol. The maximum absolute atomic E-state index is 3.64. The summed E-state index contributed by atoms with van der Waals surface area (Å²) in [6.07, 6.45) is 8.93. The molecular weight excluding hydrogens is 196 g/mol. The molecule has 2 nitrogen and oxygen atoms in total. The third-order valence-corrected chi connectivity index (χ3v) is 5.12. The third kappa shape index (κ3) is 2.02. The lowest BCUT2D eigenvalue weighted by Crippen LogP contribution is -2.50. The molecule has 1 saturated heterocycles. The molecule has 0 aromatic carbocycles. The largest absolute Gasteiger partial charge is 0.313 e. The van der Waals surface area contributed by atoms with Crippen LogP contribution in [-0.4, -0.2) is 36.6 Å². The Kier molecular flexibility index (Phi) is 3.21. The lowest BCUT2D eigenvalue weighted by atomic mass is 9.92. The Morgan fingerprint density at radius 1 is 1.19 bits per heavy atom. The normalized spacial score (nSPS) is 44.1. The van der Waals surface area contributed by atoms with Crippen molar-refractivity contribution < 1.29 is 0 Å². The maximum atomic E-state index is 3.64. The standard InChI is InChI=1S/C14H26N2/c1-2-15-13-4-3-7-16(10-13)14-9-11-5-6-12(14)8-11/h11-15H,2-10H2,1H3. The van der Waals surface area contributed by atoms with Gasteiger partial charge in [-0.25, -0.2) is 0 Å². The van der Waals surface area contributed by atoms with Crippen LogP contribution >= 0.6 is 0 Å². The van der Waals surface area contributed by atoms with Crippen molar-refractivity contribution in [2.45, 2.75) is 57.5 Å². The number of likely N-dealkylation sites (tertiary alicyclic amines) is 1. The van der Waals surface area contributed by atoms with Gasteiger partial charge in [0.25, 0.3) is 0 Å². The molecule has 4 atom stereocenters. The second kappa shape index (κ2) is 4.66. The van der Waals surface area contributed by atoms with Crippen molar-refractivity contribution in [2.75, 3.05) is 19.6 Å². The monoisotopic (exact) mass is 222 g/mol. The highest BCUT2D eigenvalue weighted by atomic mass is 15.2. The minimum absolute atomic E-state index is 0.776. The van der Waals surface area contributed by atoms with E-state index in [9.17, 15) is 0 Å². The first-order valence-corrected chi connectivity index (χ1v) is 7.34. The highest BCUT2D eigenvalue weighted by Crippen LogP contribution is 2.47. The smallest absolute Gasteiger partial charge is 0.0195 e. The lowest BCUT2D eigenvalue weighted by molar-refractivity contribution is 0.100. The molecule has 2 aliphatic carbocycles. The molecule has 92 valence electrons. The van der Waals surface area contributed by atoms with Gasteiger partial charge in [0.2, 0.25) is 0 Å². The molecule has 3 fully saturated rings. The molecule has 0 radical (unpaired) electrons. The summed E-state index contributed by atoms with van der Waals surface area (Å²) in [5.41, 5.74) is 0. The van der Waals surface area contributed by atoms with Gasteiger partial charge in [-0.15, -0.1) is 0 Å². The fourth-order valence-electron chi connectivity index (χ4n) is 4.42. The minimum atomic E-state index is 0.776. The van der Waals surface area contributed by atoms with Gasteiger partial charge in [0, 0.05) is 18.6 Å². The summed E-state index contributed by atoms with van der Waals surface area (Å²) in [6, 6.07) is 1.73. The van der Waals surface area contributed by atoms with Gasteiger partial charge < -0.3 is 5.32 Å². The number of piperidine rings is 1. The Hall–Kier alpha value is -0.0800. The molecule has 3 aliphatic rings. The third-order valence-electron chi connectivity index (χ3n) is 5.12. The van der Waals surface area contributed by atoms with Crippen molar-refractivity contribution in [3.05, 3.63) is 0 Å². The first kappa shape index (κ1) is 11.0. The van der Waals surface area contributed by atoms with E-state index in [1.807, 2.05) is 0 Å². The molecule has 1 N–H and O–H groups in total. The van der Waals surface area contributed by atoms with Gasteiger partial charge >= 0.3 is 0 Å². The lowest BCUT2D eigenvalue weighted by Gasteiger charge is -2.40. The molecule has 0 aromatic heterocycles. The van der Waals surface area contributed by atoms with E-state index in [4.69, 9.17) is 0 Å². The average Bonchev–Trinajstić information content (AvgIpc) is 2.91. The molecule has 2 bridgehead atoms. The van der Waals surface area contributed by atoms with E-state index in [0.717, 1.165) is 30.5 Å². The van der Waals surface area contributed by atoms with Crippen LogP contribution in [-0.2, 0) is 0 Å². The van der Waals surface area contributed by atoms with Gasteiger partial charge in [-0.2, -0.15) is 0 Å². The van der Waals surface area contributed by atoms with Crippen molar-refractivity contribution in [3.8, 4) is 0 Å². The quantitative estimate of drug-likeness (QED) is 0.788. The Bertz CT molecular complexity index is 239. The van der Waals surface area contributed by atoms with Gasteiger partial charge in [-0.1, -0.05) is 13.3 Å². The zero-order valence-electron chi connectivity index (χ0n) is 10.6. The molecular formula is C14H26N2. The second-order valence-electron chi connectivity index (χ2n) is 6.13. The first-order chi connectivity index (χ1) is 7.86. The van der Waals surface area contributed by atoms with Crippen LogP contribution in [0.4, 0.5) is 0 Å². The van der Waals surface area contributed by atoms with Crippen LogP contribution in [0.3, 0.4) is 0 Å². The second-order valence-corrected chi connectivity index (χ2v) is 6.13. The highest BCUT2D eigenvalue weighted by molar-refractivity contribution is 4.97. The number of likely N-dealkylation sites (N-methyl/N-ethyl adjacent to an activating group) is 1. The van der Waals surface area contributed by atoms with Crippen molar-refractivity contribution in [2.24, 2.45) is 11.8 Å². The summed E-state index contributed by atoms with van der Waals surface area (Å²) < 4.78 is 0. The Balaban J connectivity index is 1.58. The molecule has 3 rings (SSSR count). The fraction of sp³-hybridized carbons (Fsp3) is 1.00. The molecule has 16 heavy (non-hydrogen) atoms. The number of fused-ring (bicyclic) bond motifs is 2. The van der Waals surface area contributed by atoms with Crippen LogP contribution in [0.2, 0.25) is 0 Å². The van der Waals surface area contributed by atoms with Crippen molar-refractivity contribution in [3.63, 3.8) is 0 Å². The Labute approximate surface area is 99.8 Å². The molecule has 0 amide bonds. The zero-order chi connectivity index (χ0) is 11.0. The van der Waals surface area contributed by atoms with Crippen LogP contribution in [0.25, 0.3) is 0 Å². The Morgan fingerprint density at radius 3 is 2.81 bits per heavy atom. The minimum Gasteiger partial charge on any atom is -0.313 e. The maximum Gasteiger partial charge on any atom is 0.0195 e. The van der Waals surface area contributed by atoms with E-state index in [1.54, 1.807) is 6.42 Å². The van der Waals surface area contributed by atoms with Crippen LogP contribution in [0, 0.1) is 11.8 Å². The molecule has 1 aliphatic heterocycles. The number of rotatable bonds is 3. The summed E-state index contributed by atoms with van der Waals surface area (Å²) >= 11 is 0. The molecule has 4 unspecified atom stereocenters. The molecule has 0 spiro atoms. The van der Waals surface area contributed by atoms with Crippen LogP contribution in [0.1, 0.15) is 45.4 Å². The van der Waals surface area contributed by atoms with E-state index >= 15 is 0 Å². The number of nitrogens with one attached hydrogen (secondary N) is 1. The van der Waals surface area contributed by atoms with Gasteiger partial charge in [0.1, 0.15) is 0 Å². The van der Waals surface area contributed by atoms with Crippen molar-refractivity contribution >= 4 is 0 Å². The fourth-order valence-corrected chi connectivity index (χ4v) is 4.42. The highest BCUT2D eigenvalue weighted by Gasteiger charge is 2.42. The van der Waals surface area contributed by atoms with E-state index in [0.29, 0.717) is 0 Å². The summed E-state index contributed by atoms with van der Waals surface area (Å²) in [6.45, 7) is 6.06. The Morgan fingerprint density at radius 2 is 2.12 bits per heavy atom. The van der Waals surface area contributed by atoms with Crippen LogP contribution in [0.15, 0.2) is 0 Å². The van der Waals surface area contributed by atoms with E-state index in [1.165, 1.54) is 45.2 Å². The summed E-state index contributed by atoms with van der Waals surface area (Å²) in [5.74, 6) is 2.15. The van der Waals surface area contributed by atoms with E-state index in [-0.39, 0.29) is 0 Å². The van der Waals surface area contributed by atoms with Gasteiger partial charge in [-0.3, -0.25) is 4.90 Å². The average molecular weight is 222 g/mol. The van der Waals surface area contributed by atoms with E-state index < -0.39 is 0 Å². The molecule has 0 aromatic rings. The predicted octanol–water partition coefficient (Wildman–Crippen LogP) is 2.25. The molecule has 1 heterocycles. The van der Waals surface area contributed by atoms with Gasteiger partial charge in [0.15, 0.2) is 0 Å². The van der Waals surface area contributed by atoms with Crippen LogP contribution in [0.5, 0.6) is 0 Å². The van der Waals surface area contributed by atoms with Crippen molar-refractivity contribution in [1.82, 2.24) is 10.2 Å².